The van der Waals surface area contributed by atoms with E-state index in [0.717, 1.165) is 0 Å². The summed E-state index contributed by atoms with van der Waals surface area (Å²) in [5, 5.41) is 0.460. The van der Waals surface area contributed by atoms with Crippen LogP contribution in [0.3, 0.4) is 0 Å². The van der Waals surface area contributed by atoms with E-state index in [0.29, 0.717) is 28.4 Å². The van der Waals surface area contributed by atoms with Gasteiger partial charge in [0.1, 0.15) is 23.3 Å². The molecule has 4 nitrogen and oxygen atoms in total. The Hall–Kier alpha value is -2.75. The van der Waals surface area contributed by atoms with Crippen molar-refractivity contribution in [2.45, 2.75) is 19.8 Å². The molecule has 0 radical (unpaired) electrons. The molecule has 3 rings (SSSR count). The van der Waals surface area contributed by atoms with Gasteiger partial charge in [-0.25, -0.2) is 0 Å². The van der Waals surface area contributed by atoms with Crippen molar-refractivity contribution < 1.29 is 13.9 Å². The predicted octanol–water partition coefficient (Wildman–Crippen LogP) is 4.72. The summed E-state index contributed by atoms with van der Waals surface area (Å²) in [6, 6.07) is 12.8. The Labute approximate surface area is 134 Å². The van der Waals surface area contributed by atoms with Crippen molar-refractivity contribution in [1.82, 2.24) is 0 Å². The molecule has 0 N–H and O–H groups in total. The van der Waals surface area contributed by atoms with E-state index < -0.39 is 0 Å². The average molecular weight is 310 g/mol. The minimum atomic E-state index is -0.207. The molecule has 0 unspecified atom stereocenters. The number of hydrogen-bond acceptors (Lipinski definition) is 4. The Morgan fingerprint density at radius 2 is 1.70 bits per heavy atom. The fourth-order valence-corrected chi connectivity index (χ4v) is 2.34. The highest BCUT2D eigenvalue weighted by Gasteiger charge is 2.10. The Bertz CT molecular complexity index is 876. The molecule has 0 amide bonds. The third kappa shape index (κ3) is 3.06. The van der Waals surface area contributed by atoms with E-state index in [1.54, 1.807) is 25.3 Å². The molecule has 0 aliphatic rings. The van der Waals surface area contributed by atoms with Crippen LogP contribution in [0.25, 0.3) is 11.0 Å². The normalized spacial score (nSPS) is 11.0. The van der Waals surface area contributed by atoms with E-state index in [2.05, 4.69) is 13.8 Å². The molecule has 2 aromatic carbocycles. The summed E-state index contributed by atoms with van der Waals surface area (Å²) in [7, 11) is 1.57. The molecule has 3 aromatic rings. The molecule has 0 aliphatic carbocycles. The monoisotopic (exact) mass is 310 g/mol. The summed E-state index contributed by atoms with van der Waals surface area (Å²) in [6.07, 6.45) is 1.33. The Morgan fingerprint density at radius 1 is 1.00 bits per heavy atom. The molecule has 0 aliphatic heterocycles. The molecule has 1 aromatic heterocycles. The second-order valence-electron chi connectivity index (χ2n) is 5.62. The Balaban J connectivity index is 1.94. The van der Waals surface area contributed by atoms with Gasteiger partial charge < -0.3 is 13.9 Å². The van der Waals surface area contributed by atoms with Crippen molar-refractivity contribution in [3.8, 4) is 17.2 Å². The van der Waals surface area contributed by atoms with Gasteiger partial charge in [-0.2, -0.15) is 0 Å². The average Bonchev–Trinajstić information content (AvgIpc) is 2.57. The maximum Gasteiger partial charge on any atom is 0.235 e. The van der Waals surface area contributed by atoms with Gasteiger partial charge in [-0.15, -0.1) is 0 Å². The van der Waals surface area contributed by atoms with Crippen LogP contribution in [0.2, 0.25) is 0 Å². The Morgan fingerprint density at radius 3 is 2.35 bits per heavy atom. The molecule has 4 heteroatoms. The lowest BCUT2D eigenvalue weighted by Crippen LogP contribution is -2.05. The van der Waals surface area contributed by atoms with E-state index in [1.165, 1.54) is 11.8 Å². The molecule has 0 atom stereocenters. The topological polar surface area (TPSA) is 48.7 Å². The maximum atomic E-state index is 12.5. The smallest absolute Gasteiger partial charge is 0.235 e. The van der Waals surface area contributed by atoms with E-state index in [1.807, 2.05) is 24.3 Å². The Kier molecular flexibility index (Phi) is 4.06. The third-order valence-electron chi connectivity index (χ3n) is 3.72. The van der Waals surface area contributed by atoms with Gasteiger partial charge in [-0.1, -0.05) is 26.0 Å². The zero-order valence-corrected chi connectivity index (χ0v) is 13.3. The van der Waals surface area contributed by atoms with E-state index in [4.69, 9.17) is 13.9 Å². The summed E-state index contributed by atoms with van der Waals surface area (Å²) in [5.74, 6) is 1.86. The molecular formula is C19H18O4. The van der Waals surface area contributed by atoms with Crippen LogP contribution in [-0.2, 0) is 0 Å². The standard InChI is InChI=1S/C19H18O4/c1-12(2)13-4-6-14(7-5-13)23-18-11-22-17-10-15(21-3)8-9-16(17)19(18)20/h4-12H,1-3H3. The van der Waals surface area contributed by atoms with E-state index in [-0.39, 0.29) is 11.2 Å². The first-order valence-electron chi connectivity index (χ1n) is 7.46. The first kappa shape index (κ1) is 15.2. The van der Waals surface area contributed by atoms with Crippen LogP contribution < -0.4 is 14.9 Å². The van der Waals surface area contributed by atoms with Gasteiger partial charge in [-0.3, -0.25) is 4.79 Å². The van der Waals surface area contributed by atoms with Crippen LogP contribution in [0.4, 0.5) is 0 Å². The predicted molar refractivity (Wildman–Crippen MR) is 89.6 cm³/mol. The van der Waals surface area contributed by atoms with Gasteiger partial charge in [0.25, 0.3) is 0 Å². The SMILES string of the molecule is COc1ccc2c(=O)c(Oc3ccc(C(C)C)cc3)coc2c1. The van der Waals surface area contributed by atoms with Crippen LogP contribution in [0, 0.1) is 0 Å². The summed E-state index contributed by atoms with van der Waals surface area (Å²) in [4.78, 5) is 12.5. The molecular weight excluding hydrogens is 292 g/mol. The number of ether oxygens (including phenoxy) is 2. The first-order chi connectivity index (χ1) is 11.1. The maximum absolute atomic E-state index is 12.5. The molecule has 0 bridgehead atoms. The fourth-order valence-electron chi connectivity index (χ4n) is 2.34. The minimum absolute atomic E-state index is 0.167. The number of hydrogen-bond donors (Lipinski definition) is 0. The van der Waals surface area contributed by atoms with Crippen molar-refractivity contribution in [2.75, 3.05) is 7.11 Å². The molecule has 0 saturated heterocycles. The highest BCUT2D eigenvalue weighted by Crippen LogP contribution is 2.25. The van der Waals surface area contributed by atoms with Crippen molar-refractivity contribution in [1.29, 1.82) is 0 Å². The number of fused-ring (bicyclic) bond motifs is 1. The summed E-state index contributed by atoms with van der Waals surface area (Å²) >= 11 is 0. The van der Waals surface area contributed by atoms with Crippen LogP contribution in [0.15, 0.2) is 57.9 Å². The molecule has 1 heterocycles. The molecule has 0 fully saturated rings. The number of methoxy groups -OCH3 is 1. The van der Waals surface area contributed by atoms with Gasteiger partial charge >= 0.3 is 0 Å². The van der Waals surface area contributed by atoms with Gasteiger partial charge in [0, 0.05) is 6.07 Å². The van der Waals surface area contributed by atoms with Crippen LogP contribution in [-0.4, -0.2) is 7.11 Å². The summed E-state index contributed by atoms with van der Waals surface area (Å²) in [5.41, 5.74) is 1.48. The summed E-state index contributed by atoms with van der Waals surface area (Å²) in [6.45, 7) is 4.25. The zero-order valence-electron chi connectivity index (χ0n) is 13.3. The van der Waals surface area contributed by atoms with Crippen LogP contribution >= 0.6 is 0 Å². The number of rotatable bonds is 4. The zero-order chi connectivity index (χ0) is 16.4. The van der Waals surface area contributed by atoms with Gasteiger partial charge in [0.2, 0.25) is 11.2 Å². The van der Waals surface area contributed by atoms with E-state index >= 15 is 0 Å². The lowest BCUT2D eigenvalue weighted by Gasteiger charge is -2.08. The van der Waals surface area contributed by atoms with E-state index in [9.17, 15) is 4.79 Å². The van der Waals surface area contributed by atoms with Gasteiger partial charge in [-0.05, 0) is 35.7 Å². The highest BCUT2D eigenvalue weighted by molar-refractivity contribution is 5.79. The molecule has 0 spiro atoms. The summed E-state index contributed by atoms with van der Waals surface area (Å²) < 4.78 is 16.3. The van der Waals surface area contributed by atoms with Gasteiger partial charge in [0.05, 0.1) is 12.5 Å². The second kappa shape index (κ2) is 6.16. The third-order valence-corrected chi connectivity index (χ3v) is 3.72. The first-order valence-corrected chi connectivity index (χ1v) is 7.46. The van der Waals surface area contributed by atoms with Crippen molar-refractivity contribution in [2.24, 2.45) is 0 Å². The molecule has 23 heavy (non-hydrogen) atoms. The highest BCUT2D eigenvalue weighted by atomic mass is 16.5. The fraction of sp³-hybridized carbons (Fsp3) is 0.211. The minimum Gasteiger partial charge on any atom is -0.497 e. The van der Waals surface area contributed by atoms with Crippen molar-refractivity contribution in [3.05, 3.63) is 64.5 Å². The lowest BCUT2D eigenvalue weighted by molar-refractivity contribution is 0.413. The largest absolute Gasteiger partial charge is 0.497 e. The van der Waals surface area contributed by atoms with Crippen molar-refractivity contribution >= 4 is 11.0 Å². The van der Waals surface area contributed by atoms with Crippen LogP contribution in [0.1, 0.15) is 25.3 Å². The quantitative estimate of drug-likeness (QED) is 0.699. The van der Waals surface area contributed by atoms with Gasteiger partial charge in [0.15, 0.2) is 0 Å². The second-order valence-corrected chi connectivity index (χ2v) is 5.62. The molecule has 118 valence electrons. The number of benzene rings is 2. The molecule has 0 saturated carbocycles. The lowest BCUT2D eigenvalue weighted by atomic mass is 10.0. The van der Waals surface area contributed by atoms with Crippen LogP contribution in [0.5, 0.6) is 17.2 Å². The van der Waals surface area contributed by atoms with Crippen molar-refractivity contribution in [3.63, 3.8) is 0 Å².